The number of methoxy groups -OCH3 is 1. The molecule has 0 unspecified atom stereocenters. The highest BCUT2D eigenvalue weighted by Gasteiger charge is 2.19. The number of thiophene rings is 1. The number of aromatic nitrogens is 4. The normalized spacial score (nSPS) is 10.6. The predicted molar refractivity (Wildman–Crippen MR) is 107 cm³/mol. The fraction of sp³-hybridized carbons (Fsp3) is 0.100. The summed E-state index contributed by atoms with van der Waals surface area (Å²) in [5.41, 5.74) is 1.72. The van der Waals surface area contributed by atoms with Crippen LogP contribution in [0.1, 0.15) is 16.2 Å². The number of nitrogens with one attached hydrogen (secondary N) is 1. The highest BCUT2D eigenvalue weighted by Crippen LogP contribution is 2.25. The Hall–Kier alpha value is -3.52. The van der Waals surface area contributed by atoms with Gasteiger partial charge in [-0.1, -0.05) is 24.3 Å². The molecule has 4 rings (SSSR count). The maximum absolute atomic E-state index is 12.6. The van der Waals surface area contributed by atoms with Gasteiger partial charge in [-0.25, -0.2) is 14.6 Å². The van der Waals surface area contributed by atoms with Crippen LogP contribution in [0.15, 0.2) is 66.2 Å². The van der Waals surface area contributed by atoms with E-state index in [1.807, 2.05) is 53.9 Å². The summed E-state index contributed by atoms with van der Waals surface area (Å²) < 4.78 is 6.80. The van der Waals surface area contributed by atoms with Crippen molar-refractivity contribution in [3.05, 3.63) is 77.6 Å². The Labute approximate surface area is 165 Å². The summed E-state index contributed by atoms with van der Waals surface area (Å²) >= 11 is 1.55. The maximum Gasteiger partial charge on any atom is 0.291 e. The fourth-order valence-electron chi connectivity index (χ4n) is 2.66. The van der Waals surface area contributed by atoms with Crippen LogP contribution in [0.25, 0.3) is 16.4 Å². The van der Waals surface area contributed by atoms with Gasteiger partial charge >= 0.3 is 0 Å². The molecule has 140 valence electrons. The lowest BCUT2D eigenvalue weighted by atomic mass is 10.2. The quantitative estimate of drug-likeness (QED) is 0.545. The molecule has 1 amide bonds. The molecule has 0 saturated carbocycles. The van der Waals surface area contributed by atoms with E-state index in [1.165, 1.54) is 0 Å². The molecule has 0 fully saturated rings. The van der Waals surface area contributed by atoms with Crippen LogP contribution in [0.4, 0.5) is 0 Å². The van der Waals surface area contributed by atoms with Gasteiger partial charge in [-0.15, -0.1) is 16.4 Å². The molecule has 1 aromatic carbocycles. The topological polar surface area (TPSA) is 81.9 Å². The summed E-state index contributed by atoms with van der Waals surface area (Å²) in [5.74, 6) is 0.909. The molecule has 0 radical (unpaired) electrons. The van der Waals surface area contributed by atoms with Gasteiger partial charge in [0, 0.05) is 18.8 Å². The molecule has 0 spiro atoms. The van der Waals surface area contributed by atoms with E-state index in [4.69, 9.17) is 4.74 Å². The zero-order chi connectivity index (χ0) is 19.3. The number of nitrogens with zero attached hydrogens (tertiary/aromatic N) is 4. The molecule has 0 saturated heterocycles. The number of benzene rings is 1. The van der Waals surface area contributed by atoms with Crippen LogP contribution in [0, 0.1) is 0 Å². The third-order valence-corrected chi connectivity index (χ3v) is 4.88. The van der Waals surface area contributed by atoms with Crippen molar-refractivity contribution >= 4 is 17.2 Å². The zero-order valence-corrected chi connectivity index (χ0v) is 15.9. The molecule has 0 aliphatic heterocycles. The summed E-state index contributed by atoms with van der Waals surface area (Å²) in [6.07, 6.45) is 1.64. The monoisotopic (exact) mass is 391 g/mol. The Kier molecular flexibility index (Phi) is 5.11. The number of pyridine rings is 1. The van der Waals surface area contributed by atoms with Crippen molar-refractivity contribution in [2.75, 3.05) is 7.11 Å². The van der Waals surface area contributed by atoms with Crippen molar-refractivity contribution in [3.63, 3.8) is 0 Å². The van der Waals surface area contributed by atoms with Crippen LogP contribution in [-0.4, -0.2) is 32.8 Å². The average Bonchev–Trinajstić information content (AvgIpc) is 3.42. The first-order chi connectivity index (χ1) is 13.7. The number of para-hydroxylation sites is 1. The molecule has 0 aliphatic carbocycles. The first kappa shape index (κ1) is 17.9. The van der Waals surface area contributed by atoms with Crippen LogP contribution < -0.4 is 10.1 Å². The van der Waals surface area contributed by atoms with Gasteiger partial charge in [0.05, 0.1) is 17.7 Å². The summed E-state index contributed by atoms with van der Waals surface area (Å²) in [6.45, 7) is 0.325. The number of rotatable bonds is 6. The van der Waals surface area contributed by atoms with E-state index in [0.717, 1.165) is 16.1 Å². The van der Waals surface area contributed by atoms with Crippen LogP contribution in [0.5, 0.6) is 5.88 Å². The highest BCUT2D eigenvalue weighted by molar-refractivity contribution is 7.13. The van der Waals surface area contributed by atoms with Crippen molar-refractivity contribution in [1.82, 2.24) is 25.1 Å². The molecule has 3 heterocycles. The highest BCUT2D eigenvalue weighted by atomic mass is 32.1. The number of hydrogen-bond acceptors (Lipinski definition) is 6. The Morgan fingerprint density at radius 2 is 2.04 bits per heavy atom. The Morgan fingerprint density at radius 1 is 1.18 bits per heavy atom. The van der Waals surface area contributed by atoms with Crippen LogP contribution in [0.2, 0.25) is 0 Å². The van der Waals surface area contributed by atoms with Gasteiger partial charge in [0.1, 0.15) is 0 Å². The molecular formula is C20H17N5O2S. The fourth-order valence-corrected chi connectivity index (χ4v) is 3.35. The first-order valence-corrected chi connectivity index (χ1v) is 9.46. The van der Waals surface area contributed by atoms with E-state index < -0.39 is 0 Å². The minimum absolute atomic E-state index is 0.119. The summed E-state index contributed by atoms with van der Waals surface area (Å²) in [6, 6.07) is 17.1. The van der Waals surface area contributed by atoms with Gasteiger partial charge in [0.25, 0.3) is 5.91 Å². The van der Waals surface area contributed by atoms with Crippen molar-refractivity contribution < 1.29 is 9.53 Å². The van der Waals surface area contributed by atoms with Crippen molar-refractivity contribution in [3.8, 4) is 22.3 Å². The second-order valence-electron chi connectivity index (χ2n) is 5.87. The molecule has 8 heteroatoms. The number of carbonyl (C=O) groups excluding carboxylic acids is 1. The maximum atomic E-state index is 12.6. The predicted octanol–water partition coefficient (Wildman–Crippen LogP) is 3.33. The summed E-state index contributed by atoms with van der Waals surface area (Å²) in [5, 5.41) is 9.26. The number of carbonyl (C=O) groups is 1. The van der Waals surface area contributed by atoms with Gasteiger partial charge in [-0.2, -0.15) is 0 Å². The molecule has 4 aromatic rings. The first-order valence-electron chi connectivity index (χ1n) is 8.58. The van der Waals surface area contributed by atoms with Crippen LogP contribution >= 0.6 is 11.3 Å². The average molecular weight is 391 g/mol. The van der Waals surface area contributed by atoms with E-state index in [-0.39, 0.29) is 11.7 Å². The molecule has 1 N–H and O–H groups in total. The second kappa shape index (κ2) is 8.01. The minimum atomic E-state index is -0.344. The lowest BCUT2D eigenvalue weighted by Crippen LogP contribution is -2.24. The van der Waals surface area contributed by atoms with Gasteiger partial charge < -0.3 is 10.1 Å². The van der Waals surface area contributed by atoms with E-state index >= 15 is 0 Å². The minimum Gasteiger partial charge on any atom is -0.481 e. The number of ether oxygens (including phenoxy) is 1. The summed E-state index contributed by atoms with van der Waals surface area (Å²) in [7, 11) is 1.55. The molecular weight excluding hydrogens is 374 g/mol. The standard InChI is InChI=1S/C20H17N5O2S/c1-27-17-12-14(9-10-21-17)13-22-20(26)18-23-19(16-8-5-11-28-16)25(24-18)15-6-3-2-4-7-15/h2-12H,13H2,1H3,(H,22,26). The lowest BCUT2D eigenvalue weighted by Gasteiger charge is -2.04. The smallest absolute Gasteiger partial charge is 0.291 e. The zero-order valence-electron chi connectivity index (χ0n) is 15.1. The molecule has 0 bridgehead atoms. The summed E-state index contributed by atoms with van der Waals surface area (Å²) in [4.78, 5) is 22.1. The molecule has 3 aromatic heterocycles. The van der Waals surface area contributed by atoms with Crippen molar-refractivity contribution in [2.24, 2.45) is 0 Å². The Bertz CT molecular complexity index is 1080. The Morgan fingerprint density at radius 3 is 2.79 bits per heavy atom. The van der Waals surface area contributed by atoms with E-state index in [9.17, 15) is 4.79 Å². The van der Waals surface area contributed by atoms with Crippen molar-refractivity contribution in [2.45, 2.75) is 6.54 Å². The van der Waals surface area contributed by atoms with Gasteiger partial charge in [-0.05, 0) is 35.2 Å². The van der Waals surface area contributed by atoms with Gasteiger partial charge in [-0.3, -0.25) is 4.79 Å². The second-order valence-corrected chi connectivity index (χ2v) is 6.82. The largest absolute Gasteiger partial charge is 0.481 e. The third kappa shape index (κ3) is 3.77. The number of amides is 1. The number of hydrogen-bond donors (Lipinski definition) is 1. The third-order valence-electron chi connectivity index (χ3n) is 4.01. The Balaban J connectivity index is 1.60. The molecule has 0 atom stereocenters. The van der Waals surface area contributed by atoms with Crippen LogP contribution in [0.3, 0.4) is 0 Å². The molecule has 0 aliphatic rings. The van der Waals surface area contributed by atoms with Gasteiger partial charge in [0.15, 0.2) is 5.82 Å². The molecule has 28 heavy (non-hydrogen) atoms. The van der Waals surface area contributed by atoms with E-state index in [2.05, 4.69) is 20.4 Å². The van der Waals surface area contributed by atoms with Gasteiger partial charge in [0.2, 0.25) is 11.7 Å². The SMILES string of the molecule is COc1cc(CNC(=O)c2nc(-c3cccs3)n(-c3ccccc3)n2)ccn1. The molecule has 7 nitrogen and oxygen atoms in total. The van der Waals surface area contributed by atoms with Crippen LogP contribution in [-0.2, 0) is 6.54 Å². The van der Waals surface area contributed by atoms with E-state index in [0.29, 0.717) is 18.2 Å². The lowest BCUT2D eigenvalue weighted by molar-refractivity contribution is 0.0940. The van der Waals surface area contributed by atoms with E-state index in [1.54, 1.807) is 35.4 Å². The van der Waals surface area contributed by atoms with Crippen molar-refractivity contribution in [1.29, 1.82) is 0 Å².